The second-order valence-corrected chi connectivity index (χ2v) is 13.9. The maximum atomic E-state index is 13.2. The molecule has 244 valence electrons. The predicted octanol–water partition coefficient (Wildman–Crippen LogP) is 6.32. The number of nitrogens with one attached hydrogen (secondary N) is 1. The van der Waals surface area contributed by atoms with Gasteiger partial charge in [-0.1, -0.05) is 6.92 Å². The molecule has 1 aromatic heterocycles. The molecule has 1 saturated heterocycles. The van der Waals surface area contributed by atoms with Crippen molar-refractivity contribution < 1.29 is 24.1 Å². The van der Waals surface area contributed by atoms with E-state index in [0.717, 1.165) is 31.2 Å². The van der Waals surface area contributed by atoms with Crippen molar-refractivity contribution in [3.8, 4) is 29.1 Å². The fraction of sp³-hybridized carbons (Fsp3) is 0.472. The summed E-state index contributed by atoms with van der Waals surface area (Å²) in [5, 5.41) is 34.0. The van der Waals surface area contributed by atoms with Crippen LogP contribution in [0.2, 0.25) is 0 Å². The molecule has 0 spiro atoms. The number of rotatable bonds is 8. The quantitative estimate of drug-likeness (QED) is 0.287. The minimum absolute atomic E-state index is 0.164. The van der Waals surface area contributed by atoms with Crippen LogP contribution in [-0.4, -0.2) is 59.7 Å². The number of aliphatic hydroxyl groups is 1. The molecule has 47 heavy (non-hydrogen) atoms. The first-order valence-corrected chi connectivity index (χ1v) is 16.1. The number of nitriles is 2. The van der Waals surface area contributed by atoms with Gasteiger partial charge in [-0.25, -0.2) is 14.8 Å². The summed E-state index contributed by atoms with van der Waals surface area (Å²) in [6, 6.07) is 13.7. The summed E-state index contributed by atoms with van der Waals surface area (Å²) >= 11 is 0. The molecule has 11 nitrogen and oxygen atoms in total. The maximum absolute atomic E-state index is 13.2. The summed E-state index contributed by atoms with van der Waals surface area (Å²) in [5.74, 6) is 1.70. The van der Waals surface area contributed by atoms with Crippen LogP contribution < -0.4 is 15.0 Å². The van der Waals surface area contributed by atoms with Gasteiger partial charge < -0.3 is 24.6 Å². The van der Waals surface area contributed by atoms with Gasteiger partial charge in [0.05, 0.1) is 47.5 Å². The minimum atomic E-state index is -0.824. The number of hydrogen-bond donors (Lipinski definition) is 2. The topological polar surface area (TPSA) is 154 Å². The number of carbonyl (C=O) groups is 1. The number of hydrogen-bond acceptors (Lipinski definition) is 10. The Hall–Kier alpha value is -4.71. The Labute approximate surface area is 275 Å². The smallest absolute Gasteiger partial charge is 0.414 e. The van der Waals surface area contributed by atoms with E-state index in [0.29, 0.717) is 71.2 Å². The average Bonchev–Trinajstić information content (AvgIpc) is 3.85. The predicted molar refractivity (Wildman–Crippen MR) is 176 cm³/mol. The van der Waals surface area contributed by atoms with Gasteiger partial charge in [0.15, 0.2) is 0 Å². The molecule has 0 bridgehead atoms. The molecule has 3 heterocycles. The Balaban J connectivity index is 1.35. The summed E-state index contributed by atoms with van der Waals surface area (Å²) in [7, 11) is 0. The normalized spacial score (nSPS) is 19.4. The van der Waals surface area contributed by atoms with E-state index >= 15 is 0 Å². The summed E-state index contributed by atoms with van der Waals surface area (Å²) in [6.07, 6.45) is 5.04. The van der Waals surface area contributed by atoms with E-state index in [1.54, 1.807) is 39.1 Å². The zero-order chi connectivity index (χ0) is 33.3. The van der Waals surface area contributed by atoms with Crippen LogP contribution in [0.15, 0.2) is 36.5 Å². The van der Waals surface area contributed by atoms with E-state index in [1.807, 2.05) is 25.1 Å². The van der Waals surface area contributed by atoms with Gasteiger partial charge in [0.1, 0.15) is 17.4 Å². The second-order valence-electron chi connectivity index (χ2n) is 13.9. The van der Waals surface area contributed by atoms with Gasteiger partial charge in [-0.3, -0.25) is 4.90 Å². The summed E-state index contributed by atoms with van der Waals surface area (Å²) in [5.41, 5.74) is 3.12. The fourth-order valence-corrected chi connectivity index (χ4v) is 6.19. The van der Waals surface area contributed by atoms with Gasteiger partial charge in [0, 0.05) is 36.9 Å². The number of ether oxygens (including phenoxy) is 3. The lowest BCUT2D eigenvalue weighted by Crippen LogP contribution is -2.40. The highest BCUT2D eigenvalue weighted by Gasteiger charge is 2.44. The van der Waals surface area contributed by atoms with Gasteiger partial charge in [0.25, 0.3) is 0 Å². The molecule has 2 N–H and O–H groups in total. The van der Waals surface area contributed by atoms with Gasteiger partial charge >= 0.3 is 6.09 Å². The van der Waals surface area contributed by atoms with E-state index in [1.165, 1.54) is 4.90 Å². The molecule has 1 atom stereocenters. The Morgan fingerprint density at radius 1 is 1.13 bits per heavy atom. The molecular weight excluding hydrogens is 596 g/mol. The zero-order valence-corrected chi connectivity index (χ0v) is 27.3. The number of benzene rings is 2. The molecule has 1 saturated carbocycles. The lowest BCUT2D eigenvalue weighted by atomic mass is 9.83. The molecule has 2 aromatic carbocycles. The third-order valence-electron chi connectivity index (χ3n) is 8.92. The van der Waals surface area contributed by atoms with Crippen LogP contribution in [0, 0.1) is 28.6 Å². The van der Waals surface area contributed by atoms with Crippen LogP contribution in [0.1, 0.15) is 81.5 Å². The number of aliphatic hydroxyl groups excluding tert-OH is 1. The molecule has 6 rings (SSSR count). The highest BCUT2D eigenvalue weighted by Crippen LogP contribution is 2.45. The molecule has 1 aliphatic carbocycles. The van der Waals surface area contributed by atoms with Crippen molar-refractivity contribution in [1.82, 2.24) is 9.97 Å². The number of anilines is 3. The van der Waals surface area contributed by atoms with Gasteiger partial charge in [-0.15, -0.1) is 0 Å². The molecule has 3 aliphatic rings. The SMILES string of the molecule is CC(C)(C)OC(=O)N1C[C@](C)(CO)c2cc(-c3ccnc(Nc4cc(C#N)c(C5CCOCC5)cc4OCC4CC4)n3)cc(C#N)c21. The lowest BCUT2D eigenvalue weighted by molar-refractivity contribution is 0.0575. The van der Waals surface area contributed by atoms with E-state index in [9.17, 15) is 20.4 Å². The first-order valence-electron chi connectivity index (χ1n) is 16.1. The molecule has 2 fully saturated rings. The number of amides is 1. The van der Waals surface area contributed by atoms with Gasteiger partial charge in [0.2, 0.25) is 5.95 Å². The Morgan fingerprint density at radius 2 is 1.87 bits per heavy atom. The van der Waals surface area contributed by atoms with Gasteiger partial charge in [-0.05, 0) is 99.7 Å². The van der Waals surface area contributed by atoms with E-state index in [-0.39, 0.29) is 24.6 Å². The summed E-state index contributed by atoms with van der Waals surface area (Å²) in [4.78, 5) is 23.9. The second kappa shape index (κ2) is 12.8. The monoisotopic (exact) mass is 636 g/mol. The van der Waals surface area contributed by atoms with Crippen molar-refractivity contribution in [3.63, 3.8) is 0 Å². The highest BCUT2D eigenvalue weighted by atomic mass is 16.6. The number of aromatic nitrogens is 2. The van der Waals surface area contributed by atoms with Crippen LogP contribution in [0.25, 0.3) is 11.3 Å². The van der Waals surface area contributed by atoms with Crippen molar-refractivity contribution in [2.24, 2.45) is 5.92 Å². The van der Waals surface area contributed by atoms with Crippen LogP contribution in [-0.2, 0) is 14.9 Å². The molecule has 0 unspecified atom stereocenters. The molecule has 1 amide bonds. The van der Waals surface area contributed by atoms with E-state index in [2.05, 4.69) is 22.4 Å². The number of carbonyl (C=O) groups excluding carboxylic acids is 1. The van der Waals surface area contributed by atoms with E-state index < -0.39 is 17.1 Å². The Kier molecular flexibility index (Phi) is 8.80. The maximum Gasteiger partial charge on any atom is 0.414 e. The van der Waals surface area contributed by atoms with Crippen LogP contribution in [0.4, 0.5) is 22.1 Å². The third kappa shape index (κ3) is 6.87. The molecule has 0 radical (unpaired) electrons. The lowest BCUT2D eigenvalue weighted by Gasteiger charge is -2.26. The Bertz CT molecular complexity index is 1760. The zero-order valence-electron chi connectivity index (χ0n) is 27.3. The highest BCUT2D eigenvalue weighted by molar-refractivity contribution is 5.95. The van der Waals surface area contributed by atoms with Crippen LogP contribution in [0.5, 0.6) is 5.75 Å². The van der Waals surface area contributed by atoms with Gasteiger partial charge in [-0.2, -0.15) is 10.5 Å². The summed E-state index contributed by atoms with van der Waals surface area (Å²) < 4.78 is 17.5. The minimum Gasteiger partial charge on any atom is -0.491 e. The molecule has 11 heteroatoms. The van der Waals surface area contributed by atoms with Crippen molar-refractivity contribution in [2.45, 2.75) is 70.3 Å². The summed E-state index contributed by atoms with van der Waals surface area (Å²) in [6.45, 7) is 9.07. The molecule has 3 aromatic rings. The molecule has 2 aliphatic heterocycles. The molecular formula is C36H40N6O5. The van der Waals surface area contributed by atoms with Crippen molar-refractivity contribution >= 4 is 23.4 Å². The largest absolute Gasteiger partial charge is 0.491 e. The fourth-order valence-electron chi connectivity index (χ4n) is 6.19. The average molecular weight is 637 g/mol. The van der Waals surface area contributed by atoms with Crippen LogP contribution >= 0.6 is 0 Å². The first kappa shape index (κ1) is 32.2. The third-order valence-corrected chi connectivity index (χ3v) is 8.92. The van der Waals surface area contributed by atoms with E-state index in [4.69, 9.17) is 19.2 Å². The van der Waals surface area contributed by atoms with Crippen molar-refractivity contribution in [3.05, 3.63) is 58.8 Å². The number of fused-ring (bicyclic) bond motifs is 1. The van der Waals surface area contributed by atoms with Crippen LogP contribution in [0.3, 0.4) is 0 Å². The number of nitrogens with zero attached hydrogens (tertiary/aromatic N) is 5. The standard InChI is InChI=1S/C36H40N6O5/c1-35(2,3)47-34(44)42-20-36(4,21-43)28-14-24(13-26(18-38)32(28)42)29-7-10-39-33(40-29)41-30-15-25(17-37)27(23-8-11-45-12-9-23)16-31(30)46-19-22-5-6-22/h7,10,13-16,22-23,43H,5-6,8-9,11-12,19-21H2,1-4H3,(H,39,40,41)/t36-/m1/s1. The first-order chi connectivity index (χ1) is 22.5. The van der Waals surface area contributed by atoms with Crippen molar-refractivity contribution in [2.75, 3.05) is 43.2 Å². The van der Waals surface area contributed by atoms with Crippen molar-refractivity contribution in [1.29, 1.82) is 10.5 Å². The Morgan fingerprint density at radius 3 is 2.53 bits per heavy atom.